The van der Waals surface area contributed by atoms with E-state index in [0.29, 0.717) is 23.4 Å². The van der Waals surface area contributed by atoms with Crippen molar-refractivity contribution in [3.63, 3.8) is 0 Å². The molecule has 0 aromatic heterocycles. The van der Waals surface area contributed by atoms with Crippen LogP contribution in [-0.2, 0) is 0 Å². The molecule has 0 bridgehead atoms. The molecule has 0 saturated carbocycles. The van der Waals surface area contributed by atoms with E-state index in [9.17, 15) is 9.90 Å². The summed E-state index contributed by atoms with van der Waals surface area (Å²) in [5.74, 6) is -0.276. The monoisotopic (exact) mass is 333 g/mol. The Bertz CT molecular complexity index is 433. The number of benzene rings is 1. The van der Waals surface area contributed by atoms with Crippen LogP contribution in [0.2, 0.25) is 5.02 Å². The van der Waals surface area contributed by atoms with Crippen LogP contribution in [0, 0.1) is 0 Å². The van der Waals surface area contributed by atoms with Crippen molar-refractivity contribution in [1.29, 1.82) is 0 Å². The molecule has 0 heterocycles. The standard InChI is InChI=1S/C13H17BrClNO2/c1-3-13(18,4-2)8-16-12(17)10-7-9(14)5-6-11(10)15/h5-7,18H,3-4,8H2,1-2H3,(H,16,17). The molecule has 0 fully saturated rings. The first-order valence-corrected chi connectivity index (χ1v) is 7.04. The molecular weight excluding hydrogens is 318 g/mol. The molecule has 2 N–H and O–H groups in total. The summed E-state index contributed by atoms with van der Waals surface area (Å²) in [4.78, 5) is 12.0. The van der Waals surface area contributed by atoms with Gasteiger partial charge in [0.05, 0.1) is 16.2 Å². The predicted molar refractivity (Wildman–Crippen MR) is 77.0 cm³/mol. The number of halogens is 2. The number of hydrogen-bond donors (Lipinski definition) is 2. The maximum absolute atomic E-state index is 12.0. The average molecular weight is 335 g/mol. The van der Waals surface area contributed by atoms with Gasteiger partial charge in [0.25, 0.3) is 5.91 Å². The van der Waals surface area contributed by atoms with Crippen LogP contribution in [0.4, 0.5) is 0 Å². The summed E-state index contributed by atoms with van der Waals surface area (Å²) in [6.45, 7) is 4.01. The quantitative estimate of drug-likeness (QED) is 0.867. The normalized spacial score (nSPS) is 11.4. The van der Waals surface area contributed by atoms with E-state index in [-0.39, 0.29) is 12.5 Å². The van der Waals surface area contributed by atoms with Crippen LogP contribution in [-0.4, -0.2) is 23.2 Å². The molecule has 3 nitrogen and oxygen atoms in total. The molecule has 0 aliphatic rings. The van der Waals surface area contributed by atoms with Gasteiger partial charge in [0.15, 0.2) is 0 Å². The van der Waals surface area contributed by atoms with E-state index in [0.717, 1.165) is 4.47 Å². The molecule has 0 aliphatic carbocycles. The minimum absolute atomic E-state index is 0.224. The third kappa shape index (κ3) is 3.97. The fourth-order valence-corrected chi connectivity index (χ4v) is 2.08. The zero-order chi connectivity index (χ0) is 13.8. The molecule has 1 rings (SSSR count). The highest BCUT2D eigenvalue weighted by Crippen LogP contribution is 2.21. The lowest BCUT2D eigenvalue weighted by Gasteiger charge is -2.25. The fourth-order valence-electron chi connectivity index (χ4n) is 1.51. The van der Waals surface area contributed by atoms with Crippen molar-refractivity contribution in [2.75, 3.05) is 6.54 Å². The number of aliphatic hydroxyl groups is 1. The second kappa shape index (κ2) is 6.55. The topological polar surface area (TPSA) is 49.3 Å². The van der Waals surface area contributed by atoms with Crippen molar-refractivity contribution < 1.29 is 9.90 Å². The van der Waals surface area contributed by atoms with Gasteiger partial charge >= 0.3 is 0 Å². The zero-order valence-electron chi connectivity index (χ0n) is 10.5. The zero-order valence-corrected chi connectivity index (χ0v) is 12.8. The number of carbonyl (C=O) groups excluding carboxylic acids is 1. The molecule has 0 spiro atoms. The van der Waals surface area contributed by atoms with Crippen molar-refractivity contribution in [2.24, 2.45) is 0 Å². The van der Waals surface area contributed by atoms with Gasteiger partial charge < -0.3 is 10.4 Å². The minimum atomic E-state index is -0.853. The molecule has 1 aromatic rings. The van der Waals surface area contributed by atoms with Crippen molar-refractivity contribution in [3.8, 4) is 0 Å². The van der Waals surface area contributed by atoms with Crippen LogP contribution in [0.3, 0.4) is 0 Å². The molecular formula is C13H17BrClNO2. The summed E-state index contributed by atoms with van der Waals surface area (Å²) in [7, 11) is 0. The Morgan fingerprint density at radius 2 is 2.06 bits per heavy atom. The molecule has 0 aliphatic heterocycles. The van der Waals surface area contributed by atoms with E-state index >= 15 is 0 Å². The Morgan fingerprint density at radius 1 is 1.44 bits per heavy atom. The summed E-state index contributed by atoms with van der Waals surface area (Å²) in [5, 5.41) is 13.2. The van der Waals surface area contributed by atoms with Crippen molar-refractivity contribution >= 4 is 33.4 Å². The van der Waals surface area contributed by atoms with E-state index in [1.165, 1.54) is 0 Å². The summed E-state index contributed by atoms with van der Waals surface area (Å²) in [6.07, 6.45) is 1.19. The smallest absolute Gasteiger partial charge is 0.252 e. The van der Waals surface area contributed by atoms with E-state index < -0.39 is 5.60 Å². The summed E-state index contributed by atoms with van der Waals surface area (Å²) in [6, 6.07) is 5.09. The van der Waals surface area contributed by atoms with Gasteiger partial charge in [-0.15, -0.1) is 0 Å². The van der Waals surface area contributed by atoms with Gasteiger partial charge in [-0.05, 0) is 31.0 Å². The van der Waals surface area contributed by atoms with Crippen LogP contribution in [0.15, 0.2) is 22.7 Å². The molecule has 100 valence electrons. The van der Waals surface area contributed by atoms with Crippen LogP contribution >= 0.6 is 27.5 Å². The van der Waals surface area contributed by atoms with E-state index in [2.05, 4.69) is 21.2 Å². The van der Waals surface area contributed by atoms with Gasteiger partial charge in [-0.3, -0.25) is 4.79 Å². The first-order valence-electron chi connectivity index (χ1n) is 5.87. The Kier molecular flexibility index (Phi) is 5.63. The van der Waals surface area contributed by atoms with E-state index in [1.807, 2.05) is 13.8 Å². The number of carbonyl (C=O) groups is 1. The molecule has 0 unspecified atom stereocenters. The second-order valence-electron chi connectivity index (χ2n) is 4.24. The molecule has 0 radical (unpaired) electrons. The Morgan fingerprint density at radius 3 is 2.61 bits per heavy atom. The lowest BCUT2D eigenvalue weighted by molar-refractivity contribution is 0.0314. The van der Waals surface area contributed by atoms with Crippen LogP contribution in [0.25, 0.3) is 0 Å². The lowest BCUT2D eigenvalue weighted by atomic mass is 9.97. The second-order valence-corrected chi connectivity index (χ2v) is 5.56. The highest BCUT2D eigenvalue weighted by Gasteiger charge is 2.23. The van der Waals surface area contributed by atoms with Gasteiger partial charge in [-0.25, -0.2) is 0 Å². The number of rotatable bonds is 5. The third-order valence-electron chi connectivity index (χ3n) is 3.07. The van der Waals surface area contributed by atoms with Crippen molar-refractivity contribution in [1.82, 2.24) is 5.32 Å². The molecule has 0 atom stereocenters. The SMILES string of the molecule is CCC(O)(CC)CNC(=O)c1cc(Br)ccc1Cl. The highest BCUT2D eigenvalue weighted by molar-refractivity contribution is 9.10. The predicted octanol–water partition coefficient (Wildman–Crippen LogP) is 3.38. The number of nitrogens with one attached hydrogen (secondary N) is 1. The molecule has 18 heavy (non-hydrogen) atoms. The van der Waals surface area contributed by atoms with Crippen molar-refractivity contribution in [2.45, 2.75) is 32.3 Å². The van der Waals surface area contributed by atoms with Gasteiger partial charge in [-0.2, -0.15) is 0 Å². The van der Waals surface area contributed by atoms with Gasteiger partial charge in [-0.1, -0.05) is 41.4 Å². The van der Waals surface area contributed by atoms with Crippen molar-refractivity contribution in [3.05, 3.63) is 33.3 Å². The molecule has 1 amide bonds. The third-order valence-corrected chi connectivity index (χ3v) is 3.89. The summed E-state index contributed by atoms with van der Waals surface area (Å²) < 4.78 is 0.790. The molecule has 1 aromatic carbocycles. The lowest BCUT2D eigenvalue weighted by Crippen LogP contribution is -2.42. The van der Waals surface area contributed by atoms with E-state index in [1.54, 1.807) is 18.2 Å². The summed E-state index contributed by atoms with van der Waals surface area (Å²) >= 11 is 9.26. The Balaban J connectivity index is 2.74. The van der Waals surface area contributed by atoms with Crippen LogP contribution < -0.4 is 5.32 Å². The summed E-state index contributed by atoms with van der Waals surface area (Å²) in [5.41, 5.74) is -0.450. The maximum atomic E-state index is 12.0. The largest absolute Gasteiger partial charge is 0.388 e. The van der Waals surface area contributed by atoms with E-state index in [4.69, 9.17) is 11.6 Å². The van der Waals surface area contributed by atoms with Gasteiger partial charge in [0, 0.05) is 11.0 Å². The van der Waals surface area contributed by atoms with Gasteiger partial charge in [0.1, 0.15) is 0 Å². The van der Waals surface area contributed by atoms with Gasteiger partial charge in [0.2, 0.25) is 0 Å². The van der Waals surface area contributed by atoms with Crippen LogP contribution in [0.1, 0.15) is 37.0 Å². The average Bonchev–Trinajstić information content (AvgIpc) is 2.38. The number of hydrogen-bond acceptors (Lipinski definition) is 2. The minimum Gasteiger partial charge on any atom is -0.388 e. The Labute approximate surface area is 121 Å². The highest BCUT2D eigenvalue weighted by atomic mass is 79.9. The number of amides is 1. The first kappa shape index (κ1) is 15.5. The molecule has 0 saturated heterocycles. The fraction of sp³-hybridized carbons (Fsp3) is 0.462. The molecule has 5 heteroatoms. The Hall–Kier alpha value is -0.580. The van der Waals surface area contributed by atoms with Crippen LogP contribution in [0.5, 0.6) is 0 Å². The maximum Gasteiger partial charge on any atom is 0.252 e. The first-order chi connectivity index (χ1) is 8.41.